The number of carbonyl (C=O) groups excluding carboxylic acids is 2. The van der Waals surface area contributed by atoms with E-state index in [1.165, 1.54) is 18.4 Å². The minimum absolute atomic E-state index is 0.144. The van der Waals surface area contributed by atoms with Gasteiger partial charge in [0.15, 0.2) is 6.10 Å². The molecule has 8 heteroatoms. The Balaban J connectivity index is 2.64. The standard InChI is InChI=1S/C14H20N2O5S/c1-8(2)11(16-12(17)10-5-4-6-22-10)13(18)15-7-9(21-3)14(19)20/h4-6,8-9,11H,7H2,1-3H3,(H,15,18)(H,16,17)(H,19,20). The van der Waals surface area contributed by atoms with Crippen LogP contribution in [0.2, 0.25) is 0 Å². The Kier molecular flexibility index (Phi) is 7.00. The highest BCUT2D eigenvalue weighted by molar-refractivity contribution is 7.12. The van der Waals surface area contributed by atoms with Crippen molar-refractivity contribution in [3.8, 4) is 0 Å². The Morgan fingerprint density at radius 2 is 2.05 bits per heavy atom. The third-order valence-corrected chi connectivity index (χ3v) is 3.87. The second kappa shape index (κ2) is 8.50. The molecule has 22 heavy (non-hydrogen) atoms. The second-order valence-electron chi connectivity index (χ2n) is 4.98. The molecule has 0 fully saturated rings. The maximum atomic E-state index is 12.2. The second-order valence-corrected chi connectivity index (χ2v) is 5.93. The third-order valence-electron chi connectivity index (χ3n) is 3.00. The van der Waals surface area contributed by atoms with E-state index in [-0.39, 0.29) is 18.4 Å². The summed E-state index contributed by atoms with van der Waals surface area (Å²) in [4.78, 5) is 35.5. The van der Waals surface area contributed by atoms with Crippen molar-refractivity contribution in [2.75, 3.05) is 13.7 Å². The fourth-order valence-electron chi connectivity index (χ4n) is 1.73. The Hall–Kier alpha value is -1.93. The molecular weight excluding hydrogens is 308 g/mol. The lowest BCUT2D eigenvalue weighted by Crippen LogP contribution is -2.51. The largest absolute Gasteiger partial charge is 0.479 e. The Morgan fingerprint density at radius 1 is 1.36 bits per heavy atom. The lowest BCUT2D eigenvalue weighted by molar-refractivity contribution is -0.148. The highest BCUT2D eigenvalue weighted by Gasteiger charge is 2.26. The number of methoxy groups -OCH3 is 1. The highest BCUT2D eigenvalue weighted by Crippen LogP contribution is 2.10. The molecule has 3 N–H and O–H groups in total. The van der Waals surface area contributed by atoms with Gasteiger partial charge in [-0.3, -0.25) is 9.59 Å². The number of hydrogen-bond acceptors (Lipinski definition) is 5. The van der Waals surface area contributed by atoms with Crippen molar-refractivity contribution in [2.24, 2.45) is 5.92 Å². The fourth-order valence-corrected chi connectivity index (χ4v) is 2.36. The predicted molar refractivity (Wildman–Crippen MR) is 81.9 cm³/mol. The van der Waals surface area contributed by atoms with Crippen molar-refractivity contribution in [1.82, 2.24) is 10.6 Å². The molecule has 0 bridgehead atoms. The molecule has 0 radical (unpaired) electrons. The van der Waals surface area contributed by atoms with E-state index >= 15 is 0 Å². The average molecular weight is 328 g/mol. The van der Waals surface area contributed by atoms with Crippen LogP contribution >= 0.6 is 11.3 Å². The predicted octanol–water partition coefficient (Wildman–Crippen LogP) is 0.718. The van der Waals surface area contributed by atoms with Crippen LogP contribution in [0.5, 0.6) is 0 Å². The smallest absolute Gasteiger partial charge is 0.334 e. The molecule has 0 saturated carbocycles. The number of ether oxygens (including phenoxy) is 1. The average Bonchev–Trinajstić information content (AvgIpc) is 2.98. The summed E-state index contributed by atoms with van der Waals surface area (Å²) in [6.45, 7) is 3.43. The van der Waals surface area contributed by atoms with Gasteiger partial charge in [0, 0.05) is 7.11 Å². The summed E-state index contributed by atoms with van der Waals surface area (Å²) < 4.78 is 4.74. The number of hydrogen-bond donors (Lipinski definition) is 3. The number of carbonyl (C=O) groups is 3. The molecule has 1 rings (SSSR count). The summed E-state index contributed by atoms with van der Waals surface area (Å²) in [5, 5.41) is 15.8. The van der Waals surface area contributed by atoms with E-state index in [4.69, 9.17) is 9.84 Å². The van der Waals surface area contributed by atoms with Crippen LogP contribution < -0.4 is 10.6 Å². The Bertz CT molecular complexity index is 515. The van der Waals surface area contributed by atoms with Gasteiger partial charge in [0.25, 0.3) is 5.91 Å². The van der Waals surface area contributed by atoms with Gasteiger partial charge in [0.05, 0.1) is 11.4 Å². The summed E-state index contributed by atoms with van der Waals surface area (Å²) in [5.41, 5.74) is 0. The zero-order chi connectivity index (χ0) is 16.7. The number of aliphatic carboxylic acids is 1. The normalized spacial score (nSPS) is 13.5. The van der Waals surface area contributed by atoms with Gasteiger partial charge in [-0.05, 0) is 17.4 Å². The monoisotopic (exact) mass is 328 g/mol. The quantitative estimate of drug-likeness (QED) is 0.652. The van der Waals surface area contributed by atoms with E-state index in [1.54, 1.807) is 31.4 Å². The first-order valence-corrected chi connectivity index (χ1v) is 7.62. The molecule has 0 aliphatic heterocycles. The molecule has 2 atom stereocenters. The molecule has 122 valence electrons. The van der Waals surface area contributed by atoms with Crippen LogP contribution in [0.3, 0.4) is 0 Å². The maximum Gasteiger partial charge on any atom is 0.334 e. The Morgan fingerprint density at radius 3 is 2.50 bits per heavy atom. The zero-order valence-corrected chi connectivity index (χ0v) is 13.5. The molecule has 0 saturated heterocycles. The van der Waals surface area contributed by atoms with E-state index in [9.17, 15) is 14.4 Å². The highest BCUT2D eigenvalue weighted by atomic mass is 32.1. The minimum atomic E-state index is -1.16. The van der Waals surface area contributed by atoms with Crippen LogP contribution in [0.25, 0.3) is 0 Å². The van der Waals surface area contributed by atoms with Crippen molar-refractivity contribution in [3.63, 3.8) is 0 Å². The van der Waals surface area contributed by atoms with Gasteiger partial charge in [-0.2, -0.15) is 0 Å². The maximum absolute atomic E-state index is 12.2. The minimum Gasteiger partial charge on any atom is -0.479 e. The lowest BCUT2D eigenvalue weighted by atomic mass is 10.0. The number of thiophene rings is 1. The van der Waals surface area contributed by atoms with E-state index < -0.39 is 24.0 Å². The van der Waals surface area contributed by atoms with Crippen LogP contribution in [-0.2, 0) is 14.3 Å². The molecule has 0 spiro atoms. The number of amides is 2. The van der Waals surface area contributed by atoms with E-state index in [0.717, 1.165) is 0 Å². The van der Waals surface area contributed by atoms with Crippen molar-refractivity contribution >= 4 is 29.1 Å². The summed E-state index contributed by atoms with van der Waals surface area (Å²) in [5.74, 6) is -2.07. The molecule has 2 amide bonds. The molecule has 7 nitrogen and oxygen atoms in total. The van der Waals surface area contributed by atoms with Crippen molar-refractivity contribution < 1.29 is 24.2 Å². The summed E-state index contributed by atoms with van der Waals surface area (Å²) in [6.07, 6.45) is -1.12. The SMILES string of the molecule is COC(CNC(=O)C(NC(=O)c1cccs1)C(C)C)C(=O)O. The van der Waals surface area contributed by atoms with Crippen LogP contribution in [0.15, 0.2) is 17.5 Å². The molecular formula is C14H20N2O5S. The van der Waals surface area contributed by atoms with Crippen molar-refractivity contribution in [2.45, 2.75) is 26.0 Å². The van der Waals surface area contributed by atoms with Gasteiger partial charge in [-0.1, -0.05) is 19.9 Å². The van der Waals surface area contributed by atoms with Gasteiger partial charge in [0.2, 0.25) is 5.91 Å². The Labute approximate surface area is 132 Å². The van der Waals surface area contributed by atoms with Crippen LogP contribution in [0.1, 0.15) is 23.5 Å². The van der Waals surface area contributed by atoms with Crippen LogP contribution in [0, 0.1) is 5.92 Å². The van der Waals surface area contributed by atoms with Gasteiger partial charge in [-0.25, -0.2) is 4.79 Å². The fraction of sp³-hybridized carbons (Fsp3) is 0.500. The number of rotatable bonds is 8. The molecule has 0 aliphatic carbocycles. The molecule has 0 aliphatic rings. The summed E-state index contributed by atoms with van der Waals surface area (Å²) in [7, 11) is 1.25. The van der Waals surface area contributed by atoms with Crippen molar-refractivity contribution in [1.29, 1.82) is 0 Å². The number of nitrogens with one attached hydrogen (secondary N) is 2. The van der Waals surface area contributed by atoms with E-state index in [0.29, 0.717) is 4.88 Å². The first kappa shape index (κ1) is 18.1. The molecule has 1 heterocycles. The first-order valence-electron chi connectivity index (χ1n) is 6.74. The van der Waals surface area contributed by atoms with Crippen LogP contribution in [0.4, 0.5) is 0 Å². The molecule has 1 aromatic rings. The number of carboxylic acid groups (broad SMARTS) is 1. The first-order chi connectivity index (χ1) is 10.4. The van der Waals surface area contributed by atoms with Crippen molar-refractivity contribution in [3.05, 3.63) is 22.4 Å². The lowest BCUT2D eigenvalue weighted by Gasteiger charge is -2.22. The van der Waals surface area contributed by atoms with Gasteiger partial charge < -0.3 is 20.5 Å². The third kappa shape index (κ3) is 5.12. The number of carboxylic acids is 1. The summed E-state index contributed by atoms with van der Waals surface area (Å²) in [6, 6.07) is 2.67. The van der Waals surface area contributed by atoms with Crippen LogP contribution in [-0.4, -0.2) is 48.7 Å². The topological polar surface area (TPSA) is 105 Å². The molecule has 0 aromatic carbocycles. The van der Waals surface area contributed by atoms with E-state index in [1.807, 2.05) is 0 Å². The van der Waals surface area contributed by atoms with Gasteiger partial charge in [-0.15, -0.1) is 11.3 Å². The van der Waals surface area contributed by atoms with E-state index in [2.05, 4.69) is 10.6 Å². The zero-order valence-electron chi connectivity index (χ0n) is 12.7. The van der Waals surface area contributed by atoms with Gasteiger partial charge in [0.1, 0.15) is 6.04 Å². The van der Waals surface area contributed by atoms with Gasteiger partial charge >= 0.3 is 5.97 Å². The molecule has 2 unspecified atom stereocenters. The summed E-state index contributed by atoms with van der Waals surface area (Å²) >= 11 is 1.28. The molecule has 1 aromatic heterocycles.